The van der Waals surface area contributed by atoms with E-state index in [1.807, 2.05) is 0 Å². The molecule has 0 aliphatic heterocycles. The van der Waals surface area contributed by atoms with Crippen LogP contribution in [0.15, 0.2) is 6.07 Å². The summed E-state index contributed by atoms with van der Waals surface area (Å²) in [6, 6.07) is 0.811. The lowest BCUT2D eigenvalue weighted by Gasteiger charge is -2.06. The van der Waals surface area contributed by atoms with Crippen LogP contribution in [0, 0.1) is 11.6 Å². The highest BCUT2D eigenvalue weighted by molar-refractivity contribution is 5.42. The van der Waals surface area contributed by atoms with Crippen LogP contribution in [0.2, 0.25) is 0 Å². The van der Waals surface area contributed by atoms with E-state index in [2.05, 4.69) is 0 Å². The summed E-state index contributed by atoms with van der Waals surface area (Å²) in [7, 11) is 0. The Kier molecular flexibility index (Phi) is 1.73. The molecule has 0 amide bonds. The largest absolute Gasteiger partial charge is 0.503 e. The SMILES string of the molecule is NC1CCc2c1cc(F)c(O)c2F. The van der Waals surface area contributed by atoms with Gasteiger partial charge in [0.05, 0.1) is 0 Å². The number of fused-ring (bicyclic) bond motifs is 1. The molecule has 0 saturated heterocycles. The summed E-state index contributed by atoms with van der Waals surface area (Å²) in [5.41, 5.74) is 6.45. The molecular formula is C9H9F2NO. The fraction of sp³-hybridized carbons (Fsp3) is 0.333. The Bertz CT molecular complexity index is 365. The number of halogens is 2. The Balaban J connectivity index is 2.67. The van der Waals surface area contributed by atoms with Gasteiger partial charge >= 0.3 is 0 Å². The fourth-order valence-corrected chi connectivity index (χ4v) is 1.71. The molecule has 0 heterocycles. The number of rotatable bonds is 0. The van der Waals surface area contributed by atoms with E-state index in [9.17, 15) is 8.78 Å². The second-order valence-corrected chi connectivity index (χ2v) is 3.23. The molecule has 1 unspecified atom stereocenters. The Morgan fingerprint density at radius 1 is 1.46 bits per heavy atom. The van der Waals surface area contributed by atoms with E-state index < -0.39 is 17.4 Å². The van der Waals surface area contributed by atoms with Crippen molar-refractivity contribution in [2.24, 2.45) is 5.73 Å². The van der Waals surface area contributed by atoms with Crippen molar-refractivity contribution in [2.45, 2.75) is 18.9 Å². The number of benzene rings is 1. The van der Waals surface area contributed by atoms with Crippen LogP contribution < -0.4 is 5.73 Å². The minimum Gasteiger partial charge on any atom is -0.503 e. The van der Waals surface area contributed by atoms with Gasteiger partial charge in [-0.05, 0) is 30.0 Å². The number of nitrogens with two attached hydrogens (primary N) is 1. The Morgan fingerprint density at radius 3 is 2.85 bits per heavy atom. The van der Waals surface area contributed by atoms with E-state index in [0.717, 1.165) is 6.07 Å². The van der Waals surface area contributed by atoms with E-state index in [4.69, 9.17) is 10.8 Å². The number of phenols is 1. The van der Waals surface area contributed by atoms with Crippen LogP contribution in [0.1, 0.15) is 23.6 Å². The zero-order valence-electron chi connectivity index (χ0n) is 6.85. The van der Waals surface area contributed by atoms with E-state index in [0.29, 0.717) is 24.0 Å². The number of hydrogen-bond donors (Lipinski definition) is 2. The molecule has 1 atom stereocenters. The molecule has 0 bridgehead atoms. The van der Waals surface area contributed by atoms with Gasteiger partial charge < -0.3 is 10.8 Å². The smallest absolute Gasteiger partial charge is 0.188 e. The Morgan fingerprint density at radius 2 is 2.15 bits per heavy atom. The maximum Gasteiger partial charge on any atom is 0.188 e. The summed E-state index contributed by atoms with van der Waals surface area (Å²) >= 11 is 0. The minimum atomic E-state index is -0.936. The molecule has 4 heteroatoms. The molecule has 1 aliphatic rings. The van der Waals surface area contributed by atoms with Crippen molar-refractivity contribution >= 4 is 0 Å². The molecule has 2 nitrogen and oxygen atoms in total. The number of phenolic OH excluding ortho intramolecular Hbond substituents is 1. The third-order valence-electron chi connectivity index (χ3n) is 2.43. The van der Waals surface area contributed by atoms with Gasteiger partial charge in [0.25, 0.3) is 0 Å². The fourth-order valence-electron chi connectivity index (χ4n) is 1.71. The average molecular weight is 185 g/mol. The summed E-state index contributed by atoms with van der Waals surface area (Å²) in [5, 5.41) is 8.97. The van der Waals surface area contributed by atoms with Crippen LogP contribution in [0.3, 0.4) is 0 Å². The number of aromatic hydroxyl groups is 1. The summed E-state index contributed by atoms with van der Waals surface area (Å²) in [6.45, 7) is 0. The molecule has 0 radical (unpaired) electrons. The summed E-state index contributed by atoms with van der Waals surface area (Å²) < 4.78 is 26.1. The van der Waals surface area contributed by atoms with Gasteiger partial charge in [0, 0.05) is 6.04 Å². The highest BCUT2D eigenvalue weighted by Crippen LogP contribution is 2.36. The van der Waals surface area contributed by atoms with Crippen LogP contribution >= 0.6 is 0 Å². The molecular weight excluding hydrogens is 176 g/mol. The van der Waals surface area contributed by atoms with Gasteiger partial charge in [0.15, 0.2) is 17.4 Å². The number of hydrogen-bond acceptors (Lipinski definition) is 2. The van der Waals surface area contributed by atoms with Crippen molar-refractivity contribution in [2.75, 3.05) is 0 Å². The van der Waals surface area contributed by atoms with Crippen molar-refractivity contribution in [3.05, 3.63) is 28.8 Å². The van der Waals surface area contributed by atoms with E-state index >= 15 is 0 Å². The second-order valence-electron chi connectivity index (χ2n) is 3.23. The molecule has 0 saturated carbocycles. The lowest BCUT2D eigenvalue weighted by atomic mass is 10.1. The molecule has 1 aliphatic carbocycles. The van der Waals surface area contributed by atoms with Gasteiger partial charge in [-0.15, -0.1) is 0 Å². The molecule has 70 valence electrons. The van der Waals surface area contributed by atoms with Crippen molar-refractivity contribution in [1.82, 2.24) is 0 Å². The van der Waals surface area contributed by atoms with Gasteiger partial charge in [0.2, 0.25) is 0 Å². The lowest BCUT2D eigenvalue weighted by Crippen LogP contribution is -2.06. The first-order valence-electron chi connectivity index (χ1n) is 4.06. The second kappa shape index (κ2) is 2.67. The quantitative estimate of drug-likeness (QED) is 0.645. The maximum atomic E-state index is 13.2. The lowest BCUT2D eigenvalue weighted by molar-refractivity contribution is 0.393. The van der Waals surface area contributed by atoms with E-state index in [-0.39, 0.29) is 6.04 Å². The normalized spacial score (nSPS) is 20.4. The minimum absolute atomic E-state index is 0.306. The zero-order chi connectivity index (χ0) is 9.59. The van der Waals surface area contributed by atoms with Gasteiger partial charge in [0.1, 0.15) is 0 Å². The van der Waals surface area contributed by atoms with Crippen LogP contribution in [0.5, 0.6) is 5.75 Å². The molecule has 13 heavy (non-hydrogen) atoms. The topological polar surface area (TPSA) is 46.2 Å². The predicted molar refractivity (Wildman–Crippen MR) is 43.3 cm³/mol. The molecule has 2 rings (SSSR count). The molecule has 0 aromatic heterocycles. The summed E-state index contributed by atoms with van der Waals surface area (Å²) in [6.07, 6.45) is 1.07. The molecule has 1 aromatic rings. The van der Waals surface area contributed by atoms with Gasteiger partial charge in [-0.25, -0.2) is 8.78 Å². The van der Waals surface area contributed by atoms with E-state index in [1.54, 1.807) is 0 Å². The first-order valence-corrected chi connectivity index (χ1v) is 4.06. The van der Waals surface area contributed by atoms with E-state index in [1.165, 1.54) is 0 Å². The monoisotopic (exact) mass is 185 g/mol. The van der Waals surface area contributed by atoms with Crippen molar-refractivity contribution in [1.29, 1.82) is 0 Å². The van der Waals surface area contributed by atoms with Crippen LogP contribution in [-0.2, 0) is 6.42 Å². The van der Waals surface area contributed by atoms with Crippen molar-refractivity contribution < 1.29 is 13.9 Å². The highest BCUT2D eigenvalue weighted by atomic mass is 19.1. The third-order valence-corrected chi connectivity index (χ3v) is 2.43. The first-order chi connectivity index (χ1) is 6.11. The Labute approximate surface area is 74.0 Å². The van der Waals surface area contributed by atoms with Crippen molar-refractivity contribution in [3.8, 4) is 5.75 Å². The molecule has 0 spiro atoms. The highest BCUT2D eigenvalue weighted by Gasteiger charge is 2.26. The summed E-state index contributed by atoms with van der Waals surface area (Å²) in [4.78, 5) is 0. The first kappa shape index (κ1) is 8.44. The Hall–Kier alpha value is -1.16. The predicted octanol–water partition coefficient (Wildman–Crippen LogP) is 1.62. The molecule has 0 fully saturated rings. The standard InChI is InChI=1S/C9H9F2NO/c10-6-3-5-4(1-2-7(5)12)8(11)9(6)13/h3,7,13H,1-2,12H2. The van der Waals surface area contributed by atoms with Crippen LogP contribution in [0.25, 0.3) is 0 Å². The zero-order valence-corrected chi connectivity index (χ0v) is 6.85. The average Bonchev–Trinajstić information content (AvgIpc) is 2.45. The summed E-state index contributed by atoms with van der Waals surface area (Å²) in [5.74, 6) is -2.69. The van der Waals surface area contributed by atoms with Gasteiger partial charge in [-0.1, -0.05) is 0 Å². The molecule has 1 aromatic carbocycles. The van der Waals surface area contributed by atoms with Gasteiger partial charge in [-0.2, -0.15) is 0 Å². The van der Waals surface area contributed by atoms with Gasteiger partial charge in [-0.3, -0.25) is 0 Å². The van der Waals surface area contributed by atoms with Crippen molar-refractivity contribution in [3.63, 3.8) is 0 Å². The maximum absolute atomic E-state index is 13.2. The van der Waals surface area contributed by atoms with Crippen LogP contribution in [0.4, 0.5) is 8.78 Å². The van der Waals surface area contributed by atoms with Crippen LogP contribution in [-0.4, -0.2) is 5.11 Å². The third kappa shape index (κ3) is 1.09. The molecule has 3 N–H and O–H groups in total.